The smallest absolute Gasteiger partial charge is 0.338 e. The molecule has 1 atom stereocenters. The van der Waals surface area contributed by atoms with Crippen LogP contribution in [-0.4, -0.2) is 80.1 Å². The number of nitrogens with one attached hydrogen (secondary N) is 1. The molecule has 0 aromatic heterocycles. The van der Waals surface area contributed by atoms with E-state index in [0.717, 1.165) is 0 Å². The molecule has 2 aromatic carbocycles. The number of hydrogen-bond acceptors (Lipinski definition) is 3. The predicted octanol–water partition coefficient (Wildman–Crippen LogP) is 2.20. The number of carbonyl (C=O) groups excluding carboxylic acids is 1. The number of carbonyl (C=O) groups is 2. The molecule has 1 unspecified atom stereocenters. The van der Waals surface area contributed by atoms with E-state index in [1.807, 2.05) is 18.2 Å². The minimum Gasteiger partial charge on any atom is -0.479 e. The van der Waals surface area contributed by atoms with Gasteiger partial charge in [0.2, 0.25) is 6.04 Å². The summed E-state index contributed by atoms with van der Waals surface area (Å²) in [5, 5.41) is 12.3. The molecule has 2 aromatic rings. The number of nitrogens with zero attached hydrogens (tertiary/aromatic N) is 1. The van der Waals surface area contributed by atoms with Crippen molar-refractivity contribution in [2.45, 2.75) is 6.04 Å². The number of amides is 1. The van der Waals surface area contributed by atoms with Crippen LogP contribution >= 0.6 is 11.6 Å². The maximum Gasteiger partial charge on any atom is 0.338 e. The molecule has 1 aliphatic heterocycles. The van der Waals surface area contributed by atoms with Gasteiger partial charge in [0.05, 0.1) is 11.4 Å². The molecule has 7 heteroatoms. The monoisotopic (exact) mass is 353 g/mol. The number of anilines is 1. The van der Waals surface area contributed by atoms with E-state index < -0.39 is 17.9 Å². The molecule has 5 nitrogen and oxygen atoms in total. The molecular formula is C16H11ClKN2O3. The fourth-order valence-corrected chi connectivity index (χ4v) is 2.45. The fourth-order valence-electron chi connectivity index (χ4n) is 2.27. The number of halogens is 1. The van der Waals surface area contributed by atoms with Gasteiger partial charge < -0.3 is 10.4 Å². The number of aliphatic imine (C=N–C) groups is 1. The van der Waals surface area contributed by atoms with Crippen molar-refractivity contribution in [2.24, 2.45) is 4.99 Å². The van der Waals surface area contributed by atoms with E-state index in [1.54, 1.807) is 30.3 Å². The van der Waals surface area contributed by atoms with Crippen molar-refractivity contribution in [2.75, 3.05) is 5.32 Å². The van der Waals surface area contributed by atoms with Gasteiger partial charge in [0.25, 0.3) is 5.91 Å². The standard InChI is InChI=1S/C16H11ClN2O3.K/c17-10-6-7-12-11(8-10)13(9-4-2-1-3-5-9)19-14(16(21)22)15(20)18-12;/h1-8,14H,(H,18,20)(H,21,22);. The summed E-state index contributed by atoms with van der Waals surface area (Å²) in [5.74, 6) is -1.98. The maximum absolute atomic E-state index is 12.0. The van der Waals surface area contributed by atoms with Crippen molar-refractivity contribution in [3.8, 4) is 0 Å². The van der Waals surface area contributed by atoms with Gasteiger partial charge in [-0.05, 0) is 18.2 Å². The quantitative estimate of drug-likeness (QED) is 0.641. The van der Waals surface area contributed by atoms with Crippen LogP contribution in [-0.2, 0) is 9.59 Å². The zero-order valence-corrected chi connectivity index (χ0v) is 16.2. The number of benzodiazepines with no additional fused rings is 1. The third-order valence-corrected chi connectivity index (χ3v) is 3.52. The van der Waals surface area contributed by atoms with Gasteiger partial charge in [-0.15, -0.1) is 0 Å². The molecule has 0 fully saturated rings. The summed E-state index contributed by atoms with van der Waals surface area (Å²) >= 11 is 6.03. The molecule has 0 spiro atoms. The fraction of sp³-hybridized carbons (Fsp3) is 0.0625. The van der Waals surface area contributed by atoms with Gasteiger partial charge in [-0.3, -0.25) is 9.79 Å². The first-order valence-electron chi connectivity index (χ1n) is 6.53. The molecule has 1 aliphatic rings. The molecular weight excluding hydrogens is 343 g/mol. The molecule has 0 bridgehead atoms. The van der Waals surface area contributed by atoms with Crippen LogP contribution in [0, 0.1) is 0 Å². The largest absolute Gasteiger partial charge is 0.479 e. The SMILES string of the molecule is O=C(O)C1N=C(c2ccccc2)c2cc(Cl)ccc2NC1=O.[K]. The topological polar surface area (TPSA) is 78.8 Å². The zero-order valence-electron chi connectivity index (χ0n) is 12.3. The second kappa shape index (κ2) is 7.70. The third kappa shape index (κ3) is 3.91. The Kier molecular flexibility index (Phi) is 6.13. The number of carboxylic acid groups (broad SMARTS) is 1. The van der Waals surface area contributed by atoms with Crippen LogP contribution < -0.4 is 5.32 Å². The second-order valence-electron chi connectivity index (χ2n) is 4.76. The van der Waals surface area contributed by atoms with E-state index >= 15 is 0 Å². The first kappa shape index (κ1) is 18.3. The van der Waals surface area contributed by atoms with Gasteiger partial charge in [-0.25, -0.2) is 4.79 Å². The molecule has 23 heavy (non-hydrogen) atoms. The van der Waals surface area contributed by atoms with E-state index in [4.69, 9.17) is 11.6 Å². The van der Waals surface area contributed by atoms with Crippen molar-refractivity contribution < 1.29 is 14.7 Å². The number of hydrogen-bond donors (Lipinski definition) is 2. The molecule has 1 heterocycles. The Bertz CT molecular complexity index is 793. The Hall–Kier alpha value is -1.02. The van der Waals surface area contributed by atoms with Gasteiger partial charge >= 0.3 is 5.97 Å². The minimum absolute atomic E-state index is 0. The van der Waals surface area contributed by atoms with Crippen LogP contribution in [0.2, 0.25) is 5.02 Å². The van der Waals surface area contributed by atoms with Crippen molar-refractivity contribution in [1.82, 2.24) is 0 Å². The van der Waals surface area contributed by atoms with E-state index in [1.165, 1.54) is 0 Å². The van der Waals surface area contributed by atoms with Crippen LogP contribution in [0.5, 0.6) is 0 Å². The number of aliphatic carboxylic acids is 1. The molecule has 0 saturated carbocycles. The summed E-state index contributed by atoms with van der Waals surface area (Å²) in [7, 11) is 0. The number of fused-ring (bicyclic) bond motifs is 1. The van der Waals surface area contributed by atoms with Crippen molar-refractivity contribution >= 4 is 86.3 Å². The van der Waals surface area contributed by atoms with Crippen molar-refractivity contribution in [3.63, 3.8) is 0 Å². The van der Waals surface area contributed by atoms with E-state index in [9.17, 15) is 14.7 Å². The molecule has 1 radical (unpaired) electrons. The normalized spacial score (nSPS) is 16.3. The van der Waals surface area contributed by atoms with Gasteiger partial charge in [-0.1, -0.05) is 41.9 Å². The average molecular weight is 354 g/mol. The Morgan fingerprint density at radius 2 is 1.87 bits per heavy atom. The van der Waals surface area contributed by atoms with Crippen LogP contribution in [0.3, 0.4) is 0 Å². The molecule has 0 saturated heterocycles. The summed E-state index contributed by atoms with van der Waals surface area (Å²) < 4.78 is 0. The van der Waals surface area contributed by atoms with Crippen LogP contribution in [0.15, 0.2) is 53.5 Å². The predicted molar refractivity (Wildman–Crippen MR) is 89.3 cm³/mol. The molecule has 1 amide bonds. The minimum atomic E-state index is -1.50. The Morgan fingerprint density at radius 3 is 2.52 bits per heavy atom. The van der Waals surface area contributed by atoms with Crippen LogP contribution in [0.4, 0.5) is 5.69 Å². The first-order valence-corrected chi connectivity index (χ1v) is 6.91. The molecule has 111 valence electrons. The average Bonchev–Trinajstić information content (AvgIpc) is 2.64. The van der Waals surface area contributed by atoms with Gasteiger partial charge in [0, 0.05) is 67.5 Å². The van der Waals surface area contributed by atoms with Crippen LogP contribution in [0.1, 0.15) is 11.1 Å². The number of benzene rings is 2. The van der Waals surface area contributed by atoms with Crippen LogP contribution in [0.25, 0.3) is 0 Å². The summed E-state index contributed by atoms with van der Waals surface area (Å²) in [4.78, 5) is 27.5. The third-order valence-electron chi connectivity index (χ3n) is 3.28. The second-order valence-corrected chi connectivity index (χ2v) is 5.20. The maximum atomic E-state index is 12.0. The Morgan fingerprint density at radius 1 is 1.17 bits per heavy atom. The van der Waals surface area contributed by atoms with E-state index in [-0.39, 0.29) is 51.4 Å². The molecule has 3 rings (SSSR count). The zero-order chi connectivity index (χ0) is 15.7. The van der Waals surface area contributed by atoms with Gasteiger partial charge in [-0.2, -0.15) is 0 Å². The van der Waals surface area contributed by atoms with Gasteiger partial charge in [0.1, 0.15) is 0 Å². The first-order chi connectivity index (χ1) is 10.6. The molecule has 0 aliphatic carbocycles. The summed E-state index contributed by atoms with van der Waals surface area (Å²) in [6.07, 6.45) is 0. The molecule has 2 N–H and O–H groups in total. The van der Waals surface area contributed by atoms with E-state index in [2.05, 4.69) is 10.3 Å². The van der Waals surface area contributed by atoms with Crippen molar-refractivity contribution in [3.05, 3.63) is 64.7 Å². The van der Waals surface area contributed by atoms with Crippen molar-refractivity contribution in [1.29, 1.82) is 0 Å². The van der Waals surface area contributed by atoms with Gasteiger partial charge in [0.15, 0.2) is 0 Å². The number of carboxylic acids is 1. The van der Waals surface area contributed by atoms with E-state index in [0.29, 0.717) is 27.5 Å². The number of rotatable bonds is 2. The summed E-state index contributed by atoms with van der Waals surface area (Å²) in [5.41, 5.74) is 2.22. The summed E-state index contributed by atoms with van der Waals surface area (Å²) in [6.45, 7) is 0. The Balaban J connectivity index is 0.00000192. The summed E-state index contributed by atoms with van der Waals surface area (Å²) in [6, 6.07) is 12.5. The Labute approximate surface area is 180 Å².